The molecule has 110 valence electrons. The lowest BCUT2D eigenvalue weighted by Gasteiger charge is -2.08. The van der Waals surface area contributed by atoms with Crippen LogP contribution in [0.25, 0.3) is 11.3 Å². The lowest BCUT2D eigenvalue weighted by atomic mass is 10.1. The van der Waals surface area contributed by atoms with Crippen molar-refractivity contribution < 1.29 is 14.7 Å². The number of carbonyl (C=O) groups is 2. The van der Waals surface area contributed by atoms with E-state index in [9.17, 15) is 9.59 Å². The normalized spacial score (nSPS) is 10.4. The quantitative estimate of drug-likeness (QED) is 0.891. The molecule has 5 nitrogen and oxygen atoms in total. The van der Waals surface area contributed by atoms with Crippen molar-refractivity contribution in [2.75, 3.05) is 6.54 Å². The Morgan fingerprint density at radius 1 is 1.19 bits per heavy atom. The van der Waals surface area contributed by atoms with Crippen LogP contribution in [-0.4, -0.2) is 28.1 Å². The number of carboxylic acids is 1. The van der Waals surface area contributed by atoms with E-state index in [1.807, 2.05) is 18.2 Å². The predicted molar refractivity (Wildman–Crippen MR) is 80.4 cm³/mol. The second-order valence-electron chi connectivity index (χ2n) is 4.57. The van der Waals surface area contributed by atoms with Crippen molar-refractivity contribution in [1.82, 2.24) is 9.88 Å². The number of amides is 1. The second-order valence-corrected chi connectivity index (χ2v) is 5.01. The molecule has 0 atom stereocenters. The number of nitrogens with zero attached hydrogens (tertiary/aromatic N) is 1. The molecule has 0 aliphatic rings. The molecule has 0 bridgehead atoms. The van der Waals surface area contributed by atoms with Gasteiger partial charge >= 0.3 is 5.97 Å². The molecule has 0 fully saturated rings. The van der Waals surface area contributed by atoms with Gasteiger partial charge in [0.15, 0.2) is 0 Å². The minimum absolute atomic E-state index is 0.0970. The van der Waals surface area contributed by atoms with Gasteiger partial charge in [0.1, 0.15) is 5.69 Å². The summed E-state index contributed by atoms with van der Waals surface area (Å²) in [5.41, 5.74) is 2.31. The maximum Gasteiger partial charge on any atom is 0.305 e. The number of nitrogens with one attached hydrogen (secondary N) is 1. The van der Waals surface area contributed by atoms with Crippen molar-refractivity contribution in [3.8, 4) is 11.3 Å². The van der Waals surface area contributed by atoms with E-state index >= 15 is 0 Å². The van der Waals surface area contributed by atoms with Gasteiger partial charge in [0.05, 0.1) is 6.42 Å². The van der Waals surface area contributed by atoms with E-state index in [2.05, 4.69) is 5.32 Å². The molecule has 1 aromatic heterocycles. The average Bonchev–Trinajstić information content (AvgIpc) is 2.81. The number of carbonyl (C=O) groups excluding carboxylic acids is 1. The fourth-order valence-corrected chi connectivity index (χ4v) is 2.15. The Morgan fingerprint density at radius 2 is 1.86 bits per heavy atom. The minimum Gasteiger partial charge on any atom is -0.481 e. The monoisotopic (exact) mass is 306 g/mol. The summed E-state index contributed by atoms with van der Waals surface area (Å²) in [4.78, 5) is 22.4. The van der Waals surface area contributed by atoms with Gasteiger partial charge < -0.3 is 15.0 Å². The number of benzene rings is 1. The van der Waals surface area contributed by atoms with Crippen LogP contribution in [0.3, 0.4) is 0 Å². The lowest BCUT2D eigenvalue weighted by Crippen LogP contribution is -2.27. The van der Waals surface area contributed by atoms with Gasteiger partial charge in [0.25, 0.3) is 5.91 Å². The second kappa shape index (κ2) is 6.45. The summed E-state index contributed by atoms with van der Waals surface area (Å²) >= 11 is 5.86. The predicted octanol–water partition coefficient (Wildman–Crippen LogP) is 2.55. The average molecular weight is 307 g/mol. The molecule has 0 aliphatic heterocycles. The van der Waals surface area contributed by atoms with Crippen LogP contribution in [0.1, 0.15) is 16.9 Å². The van der Waals surface area contributed by atoms with Gasteiger partial charge in [-0.25, -0.2) is 0 Å². The molecule has 2 rings (SSSR count). The van der Waals surface area contributed by atoms with Crippen molar-refractivity contribution in [3.05, 3.63) is 47.1 Å². The first-order chi connectivity index (χ1) is 9.99. The van der Waals surface area contributed by atoms with Crippen LogP contribution >= 0.6 is 11.6 Å². The van der Waals surface area contributed by atoms with Gasteiger partial charge in [-0.2, -0.15) is 0 Å². The molecular formula is C15H15ClN2O3. The standard InChI is InChI=1S/C15H15ClN2O3/c1-18-12(10-2-4-11(16)5-3-10)6-7-13(18)15(21)17-9-8-14(19)20/h2-7H,8-9H2,1H3,(H,17,21)(H,19,20). The smallest absolute Gasteiger partial charge is 0.305 e. The van der Waals surface area contributed by atoms with E-state index in [1.165, 1.54) is 0 Å². The number of hydrogen-bond donors (Lipinski definition) is 2. The van der Waals surface area contributed by atoms with Crippen LogP contribution in [0.2, 0.25) is 5.02 Å². The maximum absolute atomic E-state index is 12.0. The third-order valence-corrected chi connectivity index (χ3v) is 3.37. The van der Waals surface area contributed by atoms with Crippen LogP contribution in [0.5, 0.6) is 0 Å². The molecule has 0 spiro atoms. The van der Waals surface area contributed by atoms with Gasteiger partial charge in [0.2, 0.25) is 0 Å². The Labute approximate surface area is 127 Å². The molecule has 2 aromatic rings. The number of hydrogen-bond acceptors (Lipinski definition) is 2. The third-order valence-electron chi connectivity index (χ3n) is 3.12. The first-order valence-corrected chi connectivity index (χ1v) is 6.78. The van der Waals surface area contributed by atoms with Crippen molar-refractivity contribution in [2.45, 2.75) is 6.42 Å². The zero-order chi connectivity index (χ0) is 15.4. The molecular weight excluding hydrogens is 292 g/mol. The Bertz CT molecular complexity index is 662. The van der Waals surface area contributed by atoms with E-state index in [4.69, 9.17) is 16.7 Å². The highest BCUT2D eigenvalue weighted by Crippen LogP contribution is 2.23. The number of rotatable bonds is 5. The maximum atomic E-state index is 12.0. The van der Waals surface area contributed by atoms with Crippen LogP contribution in [0.4, 0.5) is 0 Å². The van der Waals surface area contributed by atoms with Crippen molar-refractivity contribution in [3.63, 3.8) is 0 Å². The van der Waals surface area contributed by atoms with Crippen molar-refractivity contribution in [2.24, 2.45) is 7.05 Å². The number of halogens is 1. The fraction of sp³-hybridized carbons (Fsp3) is 0.200. The summed E-state index contributed by atoms with van der Waals surface area (Å²) in [6, 6.07) is 10.9. The first kappa shape index (κ1) is 15.1. The molecule has 0 saturated carbocycles. The highest BCUT2D eigenvalue weighted by atomic mass is 35.5. The van der Waals surface area contributed by atoms with Crippen LogP contribution in [0, 0.1) is 0 Å². The molecule has 1 aromatic carbocycles. The number of aromatic nitrogens is 1. The van der Waals surface area contributed by atoms with E-state index in [0.717, 1.165) is 11.3 Å². The summed E-state index contributed by atoms with van der Waals surface area (Å²) in [5, 5.41) is 11.8. The zero-order valence-electron chi connectivity index (χ0n) is 11.5. The van der Waals surface area contributed by atoms with Gasteiger partial charge in [-0.05, 0) is 29.8 Å². The fourth-order valence-electron chi connectivity index (χ4n) is 2.02. The summed E-state index contributed by atoms with van der Waals surface area (Å²) in [5.74, 6) is -1.23. The molecule has 1 heterocycles. The molecule has 0 saturated heterocycles. The molecule has 21 heavy (non-hydrogen) atoms. The van der Waals surface area contributed by atoms with E-state index in [1.54, 1.807) is 29.8 Å². The minimum atomic E-state index is -0.941. The highest BCUT2D eigenvalue weighted by molar-refractivity contribution is 6.30. The van der Waals surface area contributed by atoms with E-state index in [0.29, 0.717) is 10.7 Å². The van der Waals surface area contributed by atoms with Crippen LogP contribution in [0.15, 0.2) is 36.4 Å². The molecule has 2 N–H and O–H groups in total. The summed E-state index contributed by atoms with van der Waals surface area (Å²) in [6.45, 7) is 0.107. The molecule has 6 heteroatoms. The zero-order valence-corrected chi connectivity index (χ0v) is 12.2. The largest absolute Gasteiger partial charge is 0.481 e. The van der Waals surface area contributed by atoms with Crippen LogP contribution < -0.4 is 5.32 Å². The Hall–Kier alpha value is -2.27. The summed E-state index contributed by atoms with van der Waals surface area (Å²) in [7, 11) is 1.79. The first-order valence-electron chi connectivity index (χ1n) is 6.40. The number of carboxylic acid groups (broad SMARTS) is 1. The van der Waals surface area contributed by atoms with Gasteiger partial charge in [-0.3, -0.25) is 9.59 Å². The topological polar surface area (TPSA) is 71.3 Å². The lowest BCUT2D eigenvalue weighted by molar-refractivity contribution is -0.136. The van der Waals surface area contributed by atoms with E-state index < -0.39 is 5.97 Å². The van der Waals surface area contributed by atoms with Gasteiger partial charge in [0, 0.05) is 24.3 Å². The molecule has 0 unspecified atom stereocenters. The summed E-state index contributed by atoms with van der Waals surface area (Å²) < 4.78 is 1.76. The Kier molecular flexibility index (Phi) is 4.65. The number of aliphatic carboxylic acids is 1. The molecule has 0 aliphatic carbocycles. The third kappa shape index (κ3) is 3.64. The molecule has 0 radical (unpaired) electrons. The summed E-state index contributed by atoms with van der Waals surface area (Å²) in [6.07, 6.45) is -0.0970. The Morgan fingerprint density at radius 3 is 2.48 bits per heavy atom. The van der Waals surface area contributed by atoms with E-state index in [-0.39, 0.29) is 18.9 Å². The van der Waals surface area contributed by atoms with Crippen molar-refractivity contribution >= 4 is 23.5 Å². The SMILES string of the molecule is Cn1c(C(=O)NCCC(=O)O)ccc1-c1ccc(Cl)cc1. The molecule has 1 amide bonds. The van der Waals surface area contributed by atoms with Gasteiger partial charge in [-0.15, -0.1) is 0 Å². The van der Waals surface area contributed by atoms with Gasteiger partial charge in [-0.1, -0.05) is 23.7 Å². The Balaban J connectivity index is 2.14. The van der Waals surface area contributed by atoms with Crippen LogP contribution in [-0.2, 0) is 11.8 Å². The van der Waals surface area contributed by atoms with Crippen molar-refractivity contribution in [1.29, 1.82) is 0 Å². The highest BCUT2D eigenvalue weighted by Gasteiger charge is 2.13.